The average molecular weight is 610 g/mol. The normalized spacial score (nSPS) is 21.3. The number of carbonyl (C=O) groups is 2. The highest BCUT2D eigenvalue weighted by molar-refractivity contribution is 6.30. The number of hydrogen-bond acceptors (Lipinski definition) is 9. The van der Waals surface area contributed by atoms with Crippen molar-refractivity contribution in [3.8, 4) is 6.07 Å². The number of nitrogens with zero attached hydrogens (tertiary/aromatic N) is 1. The van der Waals surface area contributed by atoms with Gasteiger partial charge in [0.25, 0.3) is 0 Å². The number of rotatable bonds is 10. The number of aryl methyl sites for hydroxylation is 1. The lowest BCUT2D eigenvalue weighted by molar-refractivity contribution is -0.309. The molecule has 0 spiro atoms. The zero-order valence-corrected chi connectivity index (χ0v) is 24.3. The van der Waals surface area contributed by atoms with Gasteiger partial charge in [-0.2, -0.15) is 5.26 Å². The van der Waals surface area contributed by atoms with Crippen molar-refractivity contribution < 1.29 is 38.4 Å². The van der Waals surface area contributed by atoms with Gasteiger partial charge in [-0.15, -0.1) is 0 Å². The third-order valence-electron chi connectivity index (χ3n) is 6.46. The van der Waals surface area contributed by atoms with Gasteiger partial charge < -0.3 is 28.8 Å². The van der Waals surface area contributed by atoms with Crippen LogP contribution in [0.25, 0.3) is 0 Å². The maximum Gasteiger partial charge on any atom is 0.412 e. The van der Waals surface area contributed by atoms with Gasteiger partial charge in [0.05, 0.1) is 18.2 Å². The van der Waals surface area contributed by atoms with E-state index in [9.17, 15) is 14.7 Å². The first kappa shape index (κ1) is 31.7. The molecule has 0 aromatic heterocycles. The summed E-state index contributed by atoms with van der Waals surface area (Å²) in [5, 5.41) is 26.2. The summed E-state index contributed by atoms with van der Waals surface area (Å²) in [5.41, 5.74) is 3.03. The number of ether oxygens (including phenoxy) is 5. The first-order valence-corrected chi connectivity index (χ1v) is 13.9. The molecule has 0 aliphatic carbocycles. The van der Waals surface area contributed by atoms with Crippen molar-refractivity contribution in [3.63, 3.8) is 0 Å². The summed E-state index contributed by atoms with van der Waals surface area (Å²) in [6.07, 6.45) is -7.73. The van der Waals surface area contributed by atoms with Crippen LogP contribution in [-0.2, 0) is 30.3 Å². The number of benzene rings is 3. The summed E-state index contributed by atoms with van der Waals surface area (Å²) in [5.74, 6) is 0. The first-order chi connectivity index (χ1) is 20.7. The number of nitriles is 1. The second-order valence-electron chi connectivity index (χ2n) is 9.67. The highest BCUT2D eigenvalue weighted by Crippen LogP contribution is 2.28. The first-order valence-electron chi connectivity index (χ1n) is 13.5. The monoisotopic (exact) mass is 609 g/mol. The van der Waals surface area contributed by atoms with Crippen LogP contribution in [0.5, 0.6) is 0 Å². The molecule has 1 heterocycles. The van der Waals surface area contributed by atoms with Crippen molar-refractivity contribution in [1.29, 1.82) is 5.26 Å². The number of aliphatic hydroxyl groups is 1. The molecule has 1 fully saturated rings. The molecule has 0 saturated carbocycles. The van der Waals surface area contributed by atoms with Crippen molar-refractivity contribution in [3.05, 3.63) is 94.5 Å². The molecule has 3 N–H and O–H groups in total. The Hall–Kier alpha value is -4.18. The van der Waals surface area contributed by atoms with Crippen LogP contribution in [0.15, 0.2) is 72.8 Å². The van der Waals surface area contributed by atoms with Gasteiger partial charge in [0, 0.05) is 23.0 Å². The third-order valence-corrected chi connectivity index (χ3v) is 6.71. The Morgan fingerprint density at radius 3 is 2.40 bits per heavy atom. The predicted molar refractivity (Wildman–Crippen MR) is 158 cm³/mol. The zero-order valence-electron chi connectivity index (χ0n) is 23.6. The number of amides is 2. The van der Waals surface area contributed by atoms with E-state index in [4.69, 9.17) is 40.5 Å². The summed E-state index contributed by atoms with van der Waals surface area (Å²) in [6.45, 7) is 3.68. The molecule has 0 bridgehead atoms. The number of anilines is 2. The fraction of sp³-hybridized carbons (Fsp3) is 0.323. The molecule has 11 nitrogen and oxygen atoms in total. The molecule has 1 aliphatic rings. The molecule has 1 saturated heterocycles. The van der Waals surface area contributed by atoms with E-state index in [1.54, 1.807) is 49.4 Å². The minimum atomic E-state index is -1.43. The molecule has 5 atom stereocenters. The molecular formula is C31H32ClN3O8. The van der Waals surface area contributed by atoms with E-state index in [1.165, 1.54) is 6.07 Å². The van der Waals surface area contributed by atoms with Crippen LogP contribution in [-0.4, -0.2) is 61.2 Å². The minimum absolute atomic E-state index is 0.124. The Morgan fingerprint density at radius 2 is 1.70 bits per heavy atom. The highest BCUT2D eigenvalue weighted by Gasteiger charge is 2.49. The van der Waals surface area contributed by atoms with E-state index in [1.807, 2.05) is 37.3 Å². The number of nitrogens with one attached hydrogen (secondary N) is 2. The average Bonchev–Trinajstić information content (AvgIpc) is 2.99. The standard InChI is InChI=1S/C31H32ClN3O8/c1-3-39-29-28(40-17-20-9-7-19(2)8-10-20)26(36)27(43-31(38)35-24-6-4-5-21(15-24)16-33)25(42-29)18-41-30(37)34-23-13-11-22(32)12-14-23/h4-15,25-29,36H,3,17-18H2,1-2H3,(H,34,37)(H,35,38)/t25-,26+,27-,28-,29+/m1/s1. The molecule has 0 unspecified atom stereocenters. The third kappa shape index (κ3) is 9.15. The summed E-state index contributed by atoms with van der Waals surface area (Å²) in [4.78, 5) is 25.4. The van der Waals surface area contributed by atoms with Crippen molar-refractivity contribution in [1.82, 2.24) is 0 Å². The lowest BCUT2D eigenvalue weighted by Crippen LogP contribution is -2.61. The molecule has 4 rings (SSSR count). The van der Waals surface area contributed by atoms with Gasteiger partial charge in [-0.3, -0.25) is 10.6 Å². The Labute approximate surface area is 254 Å². The molecule has 3 aromatic carbocycles. The summed E-state index contributed by atoms with van der Waals surface area (Å²) < 4.78 is 28.8. The fourth-order valence-corrected chi connectivity index (χ4v) is 4.44. The van der Waals surface area contributed by atoms with E-state index >= 15 is 0 Å². The van der Waals surface area contributed by atoms with Crippen molar-refractivity contribution in [2.75, 3.05) is 23.8 Å². The van der Waals surface area contributed by atoms with Gasteiger partial charge in [0.2, 0.25) is 0 Å². The molecule has 1 aliphatic heterocycles. The van der Waals surface area contributed by atoms with Gasteiger partial charge in [0.15, 0.2) is 12.4 Å². The number of hydrogen-bond donors (Lipinski definition) is 3. The highest BCUT2D eigenvalue weighted by atomic mass is 35.5. The Kier molecular flexibility index (Phi) is 11.3. The van der Waals surface area contributed by atoms with Gasteiger partial charge in [0.1, 0.15) is 24.9 Å². The molecule has 3 aromatic rings. The molecule has 0 radical (unpaired) electrons. The largest absolute Gasteiger partial charge is 0.446 e. The summed E-state index contributed by atoms with van der Waals surface area (Å²) in [7, 11) is 0. The maximum absolute atomic E-state index is 12.9. The van der Waals surface area contributed by atoms with Gasteiger partial charge in [-0.25, -0.2) is 9.59 Å². The number of halogens is 1. The Bertz CT molecular complexity index is 1410. The topological polar surface area (TPSA) is 148 Å². The summed E-state index contributed by atoms with van der Waals surface area (Å²) in [6, 6.07) is 22.3. The van der Waals surface area contributed by atoms with E-state index < -0.39 is 49.5 Å². The van der Waals surface area contributed by atoms with Crippen LogP contribution in [0.4, 0.5) is 21.0 Å². The van der Waals surface area contributed by atoms with E-state index in [2.05, 4.69) is 10.6 Å². The molecular weight excluding hydrogens is 578 g/mol. The van der Waals surface area contributed by atoms with Gasteiger partial charge in [-0.1, -0.05) is 47.5 Å². The van der Waals surface area contributed by atoms with Crippen LogP contribution in [0, 0.1) is 18.3 Å². The van der Waals surface area contributed by atoms with Crippen LogP contribution < -0.4 is 10.6 Å². The van der Waals surface area contributed by atoms with Crippen molar-refractivity contribution >= 4 is 35.2 Å². The molecule has 226 valence electrons. The van der Waals surface area contributed by atoms with Crippen LogP contribution in [0.2, 0.25) is 5.02 Å². The van der Waals surface area contributed by atoms with E-state index in [0.29, 0.717) is 22.0 Å². The predicted octanol–water partition coefficient (Wildman–Crippen LogP) is 5.39. The zero-order chi connectivity index (χ0) is 30.8. The summed E-state index contributed by atoms with van der Waals surface area (Å²) >= 11 is 5.90. The smallest absolute Gasteiger partial charge is 0.412 e. The minimum Gasteiger partial charge on any atom is -0.446 e. The lowest BCUT2D eigenvalue weighted by Gasteiger charge is -2.43. The SMILES string of the molecule is CCO[C@H]1O[C@H](COC(=O)Nc2ccc(Cl)cc2)[C@@H](OC(=O)Nc2cccc(C#N)c2)[C@H](O)[C@H]1OCc1ccc(C)cc1. The van der Waals surface area contributed by atoms with Crippen molar-refractivity contribution in [2.24, 2.45) is 0 Å². The fourth-order valence-electron chi connectivity index (χ4n) is 4.31. The Morgan fingerprint density at radius 1 is 0.977 bits per heavy atom. The molecule has 12 heteroatoms. The van der Waals surface area contributed by atoms with Gasteiger partial charge >= 0.3 is 12.2 Å². The van der Waals surface area contributed by atoms with Crippen LogP contribution >= 0.6 is 11.6 Å². The quantitative estimate of drug-likeness (QED) is 0.275. The molecule has 2 amide bonds. The maximum atomic E-state index is 12.9. The van der Waals surface area contributed by atoms with E-state index in [0.717, 1.165) is 11.1 Å². The van der Waals surface area contributed by atoms with Crippen molar-refractivity contribution in [2.45, 2.75) is 51.2 Å². The van der Waals surface area contributed by atoms with E-state index in [-0.39, 0.29) is 13.2 Å². The number of carbonyl (C=O) groups excluding carboxylic acids is 2. The lowest BCUT2D eigenvalue weighted by atomic mass is 9.98. The van der Waals surface area contributed by atoms with Gasteiger partial charge in [-0.05, 0) is 61.9 Å². The second kappa shape index (κ2) is 15.3. The molecule has 43 heavy (non-hydrogen) atoms. The number of aliphatic hydroxyl groups excluding tert-OH is 1. The van der Waals surface area contributed by atoms with Crippen LogP contribution in [0.3, 0.4) is 0 Å². The van der Waals surface area contributed by atoms with Crippen LogP contribution in [0.1, 0.15) is 23.6 Å². The Balaban J connectivity index is 1.49. The second-order valence-corrected chi connectivity index (χ2v) is 10.1.